The molecule has 4 rings (SSSR count). The van der Waals surface area contributed by atoms with Gasteiger partial charge in [-0.1, -0.05) is 31.2 Å². The second kappa shape index (κ2) is 9.58. The Kier molecular flexibility index (Phi) is 7.14. The van der Waals surface area contributed by atoms with Crippen molar-refractivity contribution >= 4 is 48.2 Å². The number of ether oxygens (including phenoxy) is 1. The summed E-state index contributed by atoms with van der Waals surface area (Å²) >= 11 is 1.65. The zero-order valence-electron chi connectivity index (χ0n) is 20.8. The largest absolute Gasteiger partial charge is 0.435 e. The maximum atomic E-state index is 12.2. The molecule has 2 aromatic heterocycles. The second-order valence-corrected chi connectivity index (χ2v) is 13.2. The number of para-hydroxylation sites is 1. The lowest BCUT2D eigenvalue weighted by Gasteiger charge is -2.39. The summed E-state index contributed by atoms with van der Waals surface area (Å²) in [5, 5.41) is 2.81. The Labute approximate surface area is 215 Å². The third-order valence-electron chi connectivity index (χ3n) is 6.32. The van der Waals surface area contributed by atoms with Gasteiger partial charge in [0.2, 0.25) is 0 Å². The molecule has 0 aliphatic carbocycles. The van der Waals surface area contributed by atoms with E-state index in [4.69, 9.17) is 13.1 Å². The number of aromatic amines is 1. The molecule has 0 bridgehead atoms. The van der Waals surface area contributed by atoms with Crippen LogP contribution in [0.1, 0.15) is 35.9 Å². The molecule has 1 aliphatic rings. The SMILES string of the molecule is CCC(C/C=C1/OC(OS(C)(=O)=O)(OS(C)(=O)=O)Cc2c1[nH]c1ccccc21)(c1cccs1)N(C)C. The summed E-state index contributed by atoms with van der Waals surface area (Å²) in [6, 6.07) is 11.5. The van der Waals surface area contributed by atoms with E-state index >= 15 is 0 Å². The first-order valence-corrected chi connectivity index (χ1v) is 15.8. The van der Waals surface area contributed by atoms with Gasteiger partial charge in [0.05, 0.1) is 30.2 Å². The molecule has 3 aromatic rings. The molecule has 0 fully saturated rings. The zero-order valence-corrected chi connectivity index (χ0v) is 23.2. The summed E-state index contributed by atoms with van der Waals surface area (Å²) in [6.07, 6.45) is 4.50. The summed E-state index contributed by atoms with van der Waals surface area (Å²) in [6.45, 7) is 2.10. The number of rotatable bonds is 9. The topological polar surface area (TPSA) is 115 Å². The van der Waals surface area contributed by atoms with Crippen molar-refractivity contribution in [2.75, 3.05) is 26.6 Å². The first kappa shape index (κ1) is 26.8. The van der Waals surface area contributed by atoms with Gasteiger partial charge in [-0.3, -0.25) is 4.90 Å². The maximum absolute atomic E-state index is 12.2. The number of hydrogen-bond donors (Lipinski definition) is 1. The number of fused-ring (bicyclic) bond motifs is 3. The maximum Gasteiger partial charge on any atom is 0.360 e. The van der Waals surface area contributed by atoms with Crippen LogP contribution in [0, 0.1) is 0 Å². The third kappa shape index (κ3) is 5.38. The molecule has 1 atom stereocenters. The summed E-state index contributed by atoms with van der Waals surface area (Å²) < 4.78 is 65.3. The van der Waals surface area contributed by atoms with E-state index < -0.39 is 26.2 Å². The van der Waals surface area contributed by atoms with E-state index in [0.29, 0.717) is 17.7 Å². The summed E-state index contributed by atoms with van der Waals surface area (Å²) in [5.41, 5.74) is 1.68. The van der Waals surface area contributed by atoms with Crippen LogP contribution in [0.25, 0.3) is 16.7 Å². The lowest BCUT2D eigenvalue weighted by molar-refractivity contribution is -0.264. The van der Waals surface area contributed by atoms with Gasteiger partial charge in [0.25, 0.3) is 20.2 Å². The number of thiophene rings is 1. The fraction of sp³-hybridized carbons (Fsp3) is 0.417. The van der Waals surface area contributed by atoms with Crippen molar-refractivity contribution in [2.24, 2.45) is 0 Å². The normalized spacial score (nSPS) is 18.8. The predicted octanol–water partition coefficient (Wildman–Crippen LogP) is 4.01. The lowest BCUT2D eigenvalue weighted by atomic mass is 9.88. The van der Waals surface area contributed by atoms with Crippen molar-refractivity contribution in [2.45, 2.75) is 37.7 Å². The van der Waals surface area contributed by atoms with Crippen molar-refractivity contribution in [1.82, 2.24) is 9.88 Å². The molecule has 1 unspecified atom stereocenters. The van der Waals surface area contributed by atoms with Gasteiger partial charge >= 0.3 is 5.97 Å². The van der Waals surface area contributed by atoms with E-state index in [9.17, 15) is 16.8 Å². The van der Waals surface area contributed by atoms with Crippen LogP contribution in [0.5, 0.6) is 0 Å². The van der Waals surface area contributed by atoms with Crippen LogP contribution < -0.4 is 0 Å². The monoisotopic (exact) mass is 554 g/mol. The van der Waals surface area contributed by atoms with Crippen LogP contribution in [-0.2, 0) is 45.3 Å². The van der Waals surface area contributed by atoms with Crippen LogP contribution in [0.4, 0.5) is 0 Å². The van der Waals surface area contributed by atoms with Gasteiger partial charge in [0.1, 0.15) is 5.76 Å². The molecule has 9 nitrogen and oxygen atoms in total. The highest BCUT2D eigenvalue weighted by molar-refractivity contribution is 7.86. The summed E-state index contributed by atoms with van der Waals surface area (Å²) in [7, 11) is -4.34. The molecule has 0 saturated carbocycles. The van der Waals surface area contributed by atoms with Crippen molar-refractivity contribution in [3.8, 4) is 0 Å². The van der Waals surface area contributed by atoms with Crippen molar-refractivity contribution in [1.29, 1.82) is 0 Å². The van der Waals surface area contributed by atoms with E-state index in [-0.39, 0.29) is 17.7 Å². The molecule has 0 radical (unpaired) electrons. The van der Waals surface area contributed by atoms with E-state index in [1.807, 2.05) is 55.9 Å². The predicted molar refractivity (Wildman–Crippen MR) is 140 cm³/mol. The van der Waals surface area contributed by atoms with E-state index in [0.717, 1.165) is 34.7 Å². The number of aromatic nitrogens is 1. The van der Waals surface area contributed by atoms with Crippen LogP contribution in [-0.4, -0.2) is 59.3 Å². The van der Waals surface area contributed by atoms with Crippen LogP contribution >= 0.6 is 11.3 Å². The van der Waals surface area contributed by atoms with Crippen LogP contribution in [0.3, 0.4) is 0 Å². The highest BCUT2D eigenvalue weighted by atomic mass is 32.2. The zero-order chi connectivity index (χ0) is 26.4. The fourth-order valence-electron chi connectivity index (χ4n) is 4.72. The molecule has 1 N–H and O–H groups in total. The van der Waals surface area contributed by atoms with E-state index in [1.165, 1.54) is 0 Å². The smallest absolute Gasteiger partial charge is 0.360 e. The fourth-order valence-corrected chi connectivity index (χ4v) is 7.03. The highest BCUT2D eigenvalue weighted by Crippen LogP contribution is 2.44. The Balaban J connectivity index is 1.90. The Morgan fingerprint density at radius 1 is 1.11 bits per heavy atom. The van der Waals surface area contributed by atoms with Gasteiger partial charge in [0.15, 0.2) is 0 Å². The molecule has 196 valence electrons. The average Bonchev–Trinajstić information content (AvgIpc) is 3.40. The lowest BCUT2D eigenvalue weighted by Crippen LogP contribution is -2.46. The molecular weight excluding hydrogens is 524 g/mol. The molecule has 0 amide bonds. The molecule has 3 heterocycles. The standard InChI is InChI=1S/C24H30N2O7S3/c1-6-23(26(2)3,21-12-9-15-34-21)14-13-20-22-18(17-10-7-8-11-19(17)25-22)16-24(31-20,32-35(4,27)28)33-36(5,29)30/h7-13,15,25H,6,14,16H2,1-5H3/b20-13+. The first-order valence-electron chi connectivity index (χ1n) is 11.3. The van der Waals surface area contributed by atoms with Crippen molar-refractivity contribution in [3.05, 3.63) is 64.0 Å². The molecule has 12 heteroatoms. The van der Waals surface area contributed by atoms with E-state index in [1.54, 1.807) is 11.3 Å². The summed E-state index contributed by atoms with van der Waals surface area (Å²) in [4.78, 5) is 6.63. The Morgan fingerprint density at radius 3 is 2.33 bits per heavy atom. The van der Waals surface area contributed by atoms with Gasteiger partial charge in [-0.25, -0.2) is 0 Å². The summed E-state index contributed by atoms with van der Waals surface area (Å²) in [5.74, 6) is -2.17. The first-order chi connectivity index (χ1) is 16.8. The molecule has 0 spiro atoms. The van der Waals surface area contributed by atoms with Gasteiger partial charge in [-0.2, -0.15) is 25.2 Å². The number of benzene rings is 1. The molecule has 0 saturated heterocycles. The molecular formula is C24H30N2O7S3. The minimum absolute atomic E-state index is 0.246. The Bertz CT molecular complexity index is 1460. The third-order valence-corrected chi connectivity index (χ3v) is 8.50. The number of hydrogen-bond acceptors (Lipinski definition) is 9. The minimum Gasteiger partial charge on any atom is -0.435 e. The van der Waals surface area contributed by atoms with Gasteiger partial charge in [-0.15, -0.1) is 11.3 Å². The van der Waals surface area contributed by atoms with Gasteiger partial charge in [-0.05, 0) is 56.1 Å². The average molecular weight is 555 g/mol. The van der Waals surface area contributed by atoms with E-state index in [2.05, 4.69) is 22.9 Å². The quantitative estimate of drug-likeness (QED) is 0.312. The number of nitrogens with one attached hydrogen (secondary N) is 1. The van der Waals surface area contributed by atoms with Gasteiger partial charge < -0.3 is 9.72 Å². The highest BCUT2D eigenvalue weighted by Gasteiger charge is 2.49. The molecule has 1 aromatic carbocycles. The van der Waals surface area contributed by atoms with Crippen LogP contribution in [0.2, 0.25) is 0 Å². The van der Waals surface area contributed by atoms with Crippen molar-refractivity contribution in [3.63, 3.8) is 0 Å². The van der Waals surface area contributed by atoms with Crippen LogP contribution in [0.15, 0.2) is 47.9 Å². The van der Waals surface area contributed by atoms with Gasteiger partial charge in [0, 0.05) is 15.8 Å². The number of nitrogens with zero attached hydrogens (tertiary/aromatic N) is 1. The minimum atomic E-state index is -4.17. The Hall–Kier alpha value is -2.22. The van der Waals surface area contributed by atoms with Crippen molar-refractivity contribution < 1.29 is 29.9 Å². The second-order valence-electron chi connectivity index (χ2n) is 9.09. The Morgan fingerprint density at radius 2 is 1.78 bits per heavy atom. The molecule has 36 heavy (non-hydrogen) atoms. The number of H-pyrrole nitrogens is 1. The molecule has 1 aliphatic heterocycles.